The highest BCUT2D eigenvalue weighted by molar-refractivity contribution is 6.30. The lowest BCUT2D eigenvalue weighted by molar-refractivity contribution is -0.138. The Hall–Kier alpha value is -4.84. The molecule has 0 spiro atoms. The summed E-state index contributed by atoms with van der Waals surface area (Å²) in [5.74, 6) is 1.17. The molecule has 0 radical (unpaired) electrons. The molecule has 56 heavy (non-hydrogen) atoms. The Labute approximate surface area is 334 Å². The smallest absolute Gasteiger partial charge is 0.256 e. The fourth-order valence-corrected chi connectivity index (χ4v) is 6.87. The monoisotopic (exact) mass is 789 g/mol. The third-order valence-corrected chi connectivity index (χ3v) is 9.60. The van der Waals surface area contributed by atoms with Crippen molar-refractivity contribution in [3.05, 3.63) is 112 Å². The van der Waals surface area contributed by atoms with E-state index in [-0.39, 0.29) is 24.3 Å². The summed E-state index contributed by atoms with van der Waals surface area (Å²) >= 11 is 6.60. The number of para-hydroxylation sites is 1. The van der Waals surface area contributed by atoms with Gasteiger partial charge in [-0.3, -0.25) is 9.59 Å². The highest BCUT2D eigenvalue weighted by Crippen LogP contribution is 2.45. The summed E-state index contributed by atoms with van der Waals surface area (Å²) in [6.45, 7) is 8.48. The van der Waals surface area contributed by atoms with Gasteiger partial charge >= 0.3 is 0 Å². The molecule has 0 saturated carbocycles. The van der Waals surface area contributed by atoms with Gasteiger partial charge in [0.2, 0.25) is 5.91 Å². The molecule has 0 bridgehead atoms. The van der Waals surface area contributed by atoms with Crippen molar-refractivity contribution >= 4 is 29.1 Å². The molecular formula is C44H53ClFN3O7. The average Bonchev–Trinajstić information content (AvgIpc) is 3.28. The second kappa shape index (κ2) is 19.8. The van der Waals surface area contributed by atoms with Crippen LogP contribution in [0.5, 0.6) is 23.0 Å². The molecule has 10 nitrogen and oxygen atoms in total. The quantitative estimate of drug-likeness (QED) is 0.0976. The van der Waals surface area contributed by atoms with Crippen LogP contribution in [0.1, 0.15) is 68.4 Å². The Morgan fingerprint density at radius 1 is 0.875 bits per heavy atom. The van der Waals surface area contributed by atoms with E-state index in [1.807, 2.05) is 57.2 Å². The van der Waals surface area contributed by atoms with Crippen molar-refractivity contribution in [3.63, 3.8) is 0 Å². The van der Waals surface area contributed by atoms with Crippen molar-refractivity contribution in [2.45, 2.75) is 65.2 Å². The van der Waals surface area contributed by atoms with Crippen molar-refractivity contribution in [3.8, 4) is 23.0 Å². The van der Waals surface area contributed by atoms with Crippen LogP contribution in [0.15, 0.2) is 78.9 Å². The Bertz CT molecular complexity index is 1950. The van der Waals surface area contributed by atoms with Gasteiger partial charge in [0.05, 0.1) is 34.4 Å². The Kier molecular flexibility index (Phi) is 15.0. The van der Waals surface area contributed by atoms with Crippen LogP contribution in [0, 0.1) is 11.2 Å². The minimum atomic E-state index is -1.18. The van der Waals surface area contributed by atoms with E-state index in [1.165, 1.54) is 11.6 Å². The van der Waals surface area contributed by atoms with Crippen LogP contribution < -0.4 is 34.5 Å². The molecule has 12 heteroatoms. The topological polar surface area (TPSA) is 108 Å². The van der Waals surface area contributed by atoms with Gasteiger partial charge in [0, 0.05) is 40.5 Å². The second-order valence-electron chi connectivity index (χ2n) is 14.9. The summed E-state index contributed by atoms with van der Waals surface area (Å²) in [5, 5.41) is 6.71. The molecule has 0 aromatic heterocycles. The zero-order valence-electron chi connectivity index (χ0n) is 33.1. The molecule has 2 N–H and O–H groups in total. The average molecular weight is 790 g/mol. The van der Waals surface area contributed by atoms with Crippen LogP contribution in [0.4, 0.5) is 10.1 Å². The molecule has 300 valence electrons. The summed E-state index contributed by atoms with van der Waals surface area (Å²) in [4.78, 5) is 29.4. The lowest BCUT2D eigenvalue weighted by Crippen LogP contribution is -2.45. The molecule has 4 aromatic rings. The molecule has 2 atom stereocenters. The van der Waals surface area contributed by atoms with Crippen LogP contribution in [0.3, 0.4) is 0 Å². The third-order valence-electron chi connectivity index (χ3n) is 9.36. The number of carbonyl (C=O) groups is 2. The van der Waals surface area contributed by atoms with Gasteiger partial charge < -0.3 is 39.2 Å². The lowest BCUT2D eigenvalue weighted by atomic mass is 9.94. The van der Waals surface area contributed by atoms with Crippen molar-refractivity contribution < 1.29 is 37.7 Å². The highest BCUT2D eigenvalue weighted by Gasteiger charge is 2.40. The van der Waals surface area contributed by atoms with E-state index in [0.717, 1.165) is 38.1 Å². The summed E-state index contributed by atoms with van der Waals surface area (Å²) in [6, 6.07) is 23.1. The van der Waals surface area contributed by atoms with Crippen LogP contribution in [-0.2, 0) is 27.3 Å². The van der Waals surface area contributed by atoms with Crippen LogP contribution in [-0.4, -0.2) is 65.5 Å². The second-order valence-corrected chi connectivity index (χ2v) is 15.3. The normalized spacial score (nSPS) is 15.5. The van der Waals surface area contributed by atoms with Crippen molar-refractivity contribution in [2.75, 3.05) is 52.5 Å². The minimum absolute atomic E-state index is 0.0283. The summed E-state index contributed by atoms with van der Waals surface area (Å²) < 4.78 is 44.0. The van der Waals surface area contributed by atoms with E-state index in [4.69, 9.17) is 35.3 Å². The third kappa shape index (κ3) is 11.1. The van der Waals surface area contributed by atoms with Gasteiger partial charge in [-0.15, -0.1) is 0 Å². The first-order chi connectivity index (χ1) is 26.9. The van der Waals surface area contributed by atoms with E-state index in [2.05, 4.69) is 16.7 Å². The van der Waals surface area contributed by atoms with Crippen LogP contribution >= 0.6 is 11.6 Å². The number of ether oxygens (including phenoxy) is 5. The van der Waals surface area contributed by atoms with Crippen molar-refractivity contribution in [1.82, 2.24) is 10.6 Å². The number of benzene rings is 4. The predicted octanol–water partition coefficient (Wildman–Crippen LogP) is 8.07. The molecule has 0 unspecified atom stereocenters. The van der Waals surface area contributed by atoms with Crippen LogP contribution in [0.2, 0.25) is 5.02 Å². The number of halogens is 2. The Morgan fingerprint density at radius 2 is 1.64 bits per heavy atom. The number of rotatable bonds is 18. The van der Waals surface area contributed by atoms with E-state index in [0.29, 0.717) is 57.8 Å². The highest BCUT2D eigenvalue weighted by atomic mass is 35.5. The Morgan fingerprint density at radius 3 is 2.38 bits per heavy atom. The molecule has 1 aliphatic heterocycles. The molecule has 4 aromatic carbocycles. The van der Waals surface area contributed by atoms with E-state index in [9.17, 15) is 14.0 Å². The van der Waals surface area contributed by atoms with E-state index < -0.39 is 23.9 Å². The first-order valence-corrected chi connectivity index (χ1v) is 19.3. The zero-order chi connectivity index (χ0) is 40.2. The van der Waals surface area contributed by atoms with Gasteiger partial charge in [-0.1, -0.05) is 68.8 Å². The molecule has 1 heterocycles. The number of carbonyl (C=O) groups excluding carboxylic acids is 2. The number of methoxy groups -OCH3 is 3. The number of hydrogen-bond donors (Lipinski definition) is 2. The first-order valence-electron chi connectivity index (χ1n) is 18.9. The number of aryl methyl sites for hydroxylation is 1. The number of anilines is 1. The molecule has 0 fully saturated rings. The predicted molar refractivity (Wildman–Crippen MR) is 217 cm³/mol. The fraction of sp³-hybridized carbons (Fsp3) is 0.409. The molecule has 0 saturated heterocycles. The standard InChI is InChI=1S/C44H53ClFN3O7/c1-44(2,3)28-49-35-19-18-31(45)25-33(35)41(56-39(43(49)51)26-40(50)48-27-30-13-7-8-15-34(30)46)32-14-9-16-37(42(32)54-6)55-23-11-22-47-21-10-12-29-17-20-36(52-4)38(24-29)53-5/h7-9,13-20,24-25,39,41,47H,10-12,21-23,26-28H2,1-6H3,(H,48,50)/t39-,41-/m1/s1. The van der Waals surface area contributed by atoms with Crippen molar-refractivity contribution in [1.29, 1.82) is 0 Å². The zero-order valence-corrected chi connectivity index (χ0v) is 33.8. The van der Waals surface area contributed by atoms with Crippen molar-refractivity contribution in [2.24, 2.45) is 5.41 Å². The maximum Gasteiger partial charge on any atom is 0.256 e. The summed E-state index contributed by atoms with van der Waals surface area (Å²) in [6.07, 6.45) is 0.302. The summed E-state index contributed by atoms with van der Waals surface area (Å²) in [7, 11) is 4.83. The number of nitrogens with zero attached hydrogens (tertiary/aromatic N) is 1. The van der Waals surface area contributed by atoms with Gasteiger partial charge in [-0.05, 0) is 85.8 Å². The van der Waals surface area contributed by atoms with E-state index >= 15 is 0 Å². The van der Waals surface area contributed by atoms with Gasteiger partial charge in [0.15, 0.2) is 23.0 Å². The molecule has 1 aliphatic rings. The number of hydrogen-bond acceptors (Lipinski definition) is 8. The van der Waals surface area contributed by atoms with Crippen LogP contribution in [0.25, 0.3) is 0 Å². The molecular weight excluding hydrogens is 737 g/mol. The number of amides is 2. The SMILES string of the molecule is COc1ccc(CCCNCCCOc2cccc([C@H]3O[C@H](CC(=O)NCc4ccccc4F)C(=O)N(CC(C)(C)C)c4ccc(Cl)cc43)c2OC)cc1OC. The lowest BCUT2D eigenvalue weighted by Gasteiger charge is -2.31. The molecule has 5 rings (SSSR count). The van der Waals surface area contributed by atoms with Gasteiger partial charge in [0.1, 0.15) is 18.0 Å². The minimum Gasteiger partial charge on any atom is -0.493 e. The largest absolute Gasteiger partial charge is 0.493 e. The molecule has 2 amide bonds. The maximum atomic E-state index is 14.4. The first kappa shape index (κ1) is 42.3. The fourth-order valence-electron chi connectivity index (χ4n) is 6.69. The van der Waals surface area contributed by atoms with Gasteiger partial charge in [-0.2, -0.15) is 0 Å². The van der Waals surface area contributed by atoms with Gasteiger partial charge in [0.25, 0.3) is 5.91 Å². The van der Waals surface area contributed by atoms with E-state index in [1.54, 1.807) is 56.6 Å². The van der Waals surface area contributed by atoms with Gasteiger partial charge in [-0.25, -0.2) is 4.39 Å². The number of nitrogens with one attached hydrogen (secondary N) is 2. The Balaban J connectivity index is 1.30. The molecule has 0 aliphatic carbocycles. The summed E-state index contributed by atoms with van der Waals surface area (Å²) in [5.41, 5.74) is 3.12. The number of fused-ring (bicyclic) bond motifs is 1. The maximum absolute atomic E-state index is 14.4.